The number of hydrogen-bond acceptors (Lipinski definition) is 3. The molecule has 0 unspecified atom stereocenters. The summed E-state index contributed by atoms with van der Waals surface area (Å²) in [6.07, 6.45) is 0. The lowest BCUT2D eigenvalue weighted by Gasteiger charge is -2.09. The van der Waals surface area contributed by atoms with Crippen LogP contribution in [0.3, 0.4) is 0 Å². The monoisotopic (exact) mass is 364 g/mol. The van der Waals surface area contributed by atoms with Gasteiger partial charge in [0, 0.05) is 0 Å². The predicted octanol–water partition coefficient (Wildman–Crippen LogP) is 4.19. The van der Waals surface area contributed by atoms with E-state index in [2.05, 4.69) is 0 Å². The second-order valence-corrected chi connectivity index (χ2v) is 5.02. The fourth-order valence-corrected chi connectivity index (χ4v) is 2.32. The van der Waals surface area contributed by atoms with Gasteiger partial charge in [-0.2, -0.15) is 0 Å². The van der Waals surface area contributed by atoms with Crippen molar-refractivity contribution >= 4 is 33.6 Å². The van der Waals surface area contributed by atoms with Gasteiger partial charge in [-0.1, -0.05) is 30.3 Å². The first-order valence-corrected chi connectivity index (χ1v) is 6.78. The third-order valence-electron chi connectivity index (χ3n) is 2.68. The molecule has 0 radical (unpaired) electrons. The number of ether oxygens (including phenoxy) is 1. The minimum absolute atomic E-state index is 0.384. The van der Waals surface area contributed by atoms with Gasteiger partial charge in [-0.15, -0.1) is 0 Å². The van der Waals surface area contributed by atoms with Crippen molar-refractivity contribution in [2.75, 3.05) is 0 Å². The molecule has 0 aliphatic carbocycles. The fourth-order valence-electron chi connectivity index (χ4n) is 1.81. The van der Waals surface area contributed by atoms with Gasteiger partial charge in [-0.3, -0.25) is 0 Å². The Labute approximate surface area is 123 Å². The van der Waals surface area contributed by atoms with Gasteiger partial charge in [0.1, 0.15) is 14.9 Å². The minimum Gasteiger partial charge on any atom is -0.455 e. The molecule has 2 aromatic carbocycles. The summed E-state index contributed by atoms with van der Waals surface area (Å²) in [6, 6.07) is 16.7. The third kappa shape index (κ3) is 2.35. The Hall–Kier alpha value is -1.82. The molecule has 0 fully saturated rings. The van der Waals surface area contributed by atoms with Crippen LogP contribution in [0.25, 0.3) is 11.0 Å². The predicted molar refractivity (Wildman–Crippen MR) is 81.7 cm³/mol. The molecule has 0 bridgehead atoms. The van der Waals surface area contributed by atoms with Gasteiger partial charge < -0.3 is 9.15 Å². The average molecular weight is 364 g/mol. The Balaban J connectivity index is 2.22. The van der Waals surface area contributed by atoms with Crippen molar-refractivity contribution in [2.24, 2.45) is 0 Å². The van der Waals surface area contributed by atoms with Gasteiger partial charge in [0.25, 0.3) is 0 Å². The highest BCUT2D eigenvalue weighted by Crippen LogP contribution is 2.32. The van der Waals surface area contributed by atoms with Gasteiger partial charge in [0.05, 0.1) is 5.39 Å². The summed E-state index contributed by atoms with van der Waals surface area (Å²) in [5, 5.41) is 0.787. The van der Waals surface area contributed by atoms with E-state index in [0.29, 0.717) is 20.7 Å². The third-order valence-corrected chi connectivity index (χ3v) is 3.61. The molecule has 0 spiro atoms. The van der Waals surface area contributed by atoms with Crippen LogP contribution >= 0.6 is 22.6 Å². The molecule has 19 heavy (non-hydrogen) atoms. The molecule has 0 atom stereocenters. The van der Waals surface area contributed by atoms with Gasteiger partial charge in [0.15, 0.2) is 5.75 Å². The Morgan fingerprint density at radius 3 is 2.42 bits per heavy atom. The van der Waals surface area contributed by atoms with Crippen LogP contribution in [0.4, 0.5) is 0 Å². The maximum absolute atomic E-state index is 11.8. The Morgan fingerprint density at radius 1 is 0.947 bits per heavy atom. The van der Waals surface area contributed by atoms with Crippen LogP contribution in [-0.4, -0.2) is 0 Å². The van der Waals surface area contributed by atoms with Crippen molar-refractivity contribution in [1.29, 1.82) is 0 Å². The van der Waals surface area contributed by atoms with Crippen molar-refractivity contribution in [3.05, 3.63) is 68.6 Å². The van der Waals surface area contributed by atoms with Crippen LogP contribution in [0.15, 0.2) is 63.8 Å². The van der Waals surface area contributed by atoms with E-state index in [1.807, 2.05) is 71.1 Å². The Bertz CT molecular complexity index is 778. The van der Waals surface area contributed by atoms with Gasteiger partial charge in [-0.05, 0) is 46.9 Å². The van der Waals surface area contributed by atoms with Crippen molar-refractivity contribution in [3.63, 3.8) is 0 Å². The normalized spacial score (nSPS) is 10.6. The zero-order chi connectivity index (χ0) is 13.2. The molecule has 3 rings (SSSR count). The Kier molecular flexibility index (Phi) is 3.25. The second-order valence-electron chi connectivity index (χ2n) is 3.94. The van der Waals surface area contributed by atoms with E-state index < -0.39 is 0 Å². The lowest BCUT2D eigenvalue weighted by atomic mass is 10.2. The molecule has 1 heterocycles. The fraction of sp³-hybridized carbons (Fsp3) is 0. The molecule has 0 aliphatic rings. The topological polar surface area (TPSA) is 39.4 Å². The quantitative estimate of drug-likeness (QED) is 0.506. The zero-order valence-electron chi connectivity index (χ0n) is 9.80. The van der Waals surface area contributed by atoms with Gasteiger partial charge in [0.2, 0.25) is 0 Å². The van der Waals surface area contributed by atoms with E-state index in [1.165, 1.54) is 0 Å². The molecule has 0 aliphatic heterocycles. The highest BCUT2D eigenvalue weighted by atomic mass is 127. The molecule has 0 saturated carbocycles. The number of rotatable bonds is 2. The highest BCUT2D eigenvalue weighted by Gasteiger charge is 2.14. The lowest BCUT2D eigenvalue weighted by Crippen LogP contribution is -2.05. The van der Waals surface area contributed by atoms with Crippen molar-refractivity contribution < 1.29 is 9.15 Å². The van der Waals surface area contributed by atoms with E-state index in [1.54, 1.807) is 6.07 Å². The SMILES string of the molecule is O=c1oc2ccccc2c(Oc2ccccc2)c1I. The van der Waals surface area contributed by atoms with Crippen LogP contribution in [0.5, 0.6) is 11.5 Å². The molecule has 0 N–H and O–H groups in total. The van der Waals surface area contributed by atoms with E-state index in [9.17, 15) is 4.79 Å². The average Bonchev–Trinajstić information content (AvgIpc) is 2.45. The molecule has 4 heteroatoms. The summed E-state index contributed by atoms with van der Waals surface area (Å²) < 4.78 is 11.5. The first kappa shape index (κ1) is 12.2. The largest absolute Gasteiger partial charge is 0.455 e. The summed E-state index contributed by atoms with van der Waals surface area (Å²) in [5.74, 6) is 1.23. The van der Waals surface area contributed by atoms with Crippen molar-refractivity contribution in [2.45, 2.75) is 0 Å². The van der Waals surface area contributed by atoms with Gasteiger partial charge in [-0.25, -0.2) is 4.79 Å². The number of benzene rings is 2. The number of fused-ring (bicyclic) bond motifs is 1. The highest BCUT2D eigenvalue weighted by molar-refractivity contribution is 14.1. The summed E-state index contributed by atoms with van der Waals surface area (Å²) in [5.41, 5.74) is 0.143. The minimum atomic E-state index is -0.384. The van der Waals surface area contributed by atoms with Crippen LogP contribution in [0, 0.1) is 3.57 Å². The smallest absolute Gasteiger partial charge is 0.353 e. The van der Waals surface area contributed by atoms with E-state index in [0.717, 1.165) is 5.39 Å². The van der Waals surface area contributed by atoms with Crippen LogP contribution in [-0.2, 0) is 0 Å². The number of hydrogen-bond donors (Lipinski definition) is 0. The maximum atomic E-state index is 11.8. The molecular weight excluding hydrogens is 355 g/mol. The summed E-state index contributed by atoms with van der Waals surface area (Å²) in [6.45, 7) is 0. The summed E-state index contributed by atoms with van der Waals surface area (Å²) >= 11 is 1.95. The molecule has 1 aromatic heterocycles. The molecular formula is C15H9IO3. The first-order chi connectivity index (χ1) is 9.25. The van der Waals surface area contributed by atoms with Crippen molar-refractivity contribution in [1.82, 2.24) is 0 Å². The molecule has 94 valence electrons. The second kappa shape index (κ2) is 5.05. The first-order valence-electron chi connectivity index (χ1n) is 5.70. The van der Waals surface area contributed by atoms with E-state index in [4.69, 9.17) is 9.15 Å². The van der Waals surface area contributed by atoms with Crippen LogP contribution < -0.4 is 10.4 Å². The Morgan fingerprint density at radius 2 is 1.63 bits per heavy atom. The molecule has 3 nitrogen and oxygen atoms in total. The zero-order valence-corrected chi connectivity index (χ0v) is 12.0. The number of halogens is 1. The summed E-state index contributed by atoms with van der Waals surface area (Å²) in [4.78, 5) is 11.8. The van der Waals surface area contributed by atoms with E-state index in [-0.39, 0.29) is 5.63 Å². The molecule has 0 amide bonds. The maximum Gasteiger partial charge on any atom is 0.353 e. The number of para-hydroxylation sites is 2. The van der Waals surface area contributed by atoms with Crippen LogP contribution in [0.2, 0.25) is 0 Å². The van der Waals surface area contributed by atoms with Crippen LogP contribution in [0.1, 0.15) is 0 Å². The standard InChI is InChI=1S/C15H9IO3/c16-13-14(18-10-6-2-1-3-7-10)11-8-4-5-9-12(11)19-15(13)17/h1-9H. The van der Waals surface area contributed by atoms with Crippen molar-refractivity contribution in [3.8, 4) is 11.5 Å². The summed E-state index contributed by atoms with van der Waals surface area (Å²) in [7, 11) is 0. The molecule has 0 saturated heterocycles. The van der Waals surface area contributed by atoms with Gasteiger partial charge >= 0.3 is 5.63 Å². The molecule has 3 aromatic rings. The van der Waals surface area contributed by atoms with E-state index >= 15 is 0 Å². The lowest BCUT2D eigenvalue weighted by molar-refractivity contribution is 0.469.